The van der Waals surface area contributed by atoms with Gasteiger partial charge in [-0.05, 0) is 39.3 Å². The lowest BCUT2D eigenvalue weighted by Crippen LogP contribution is -2.26. The number of carboxylic acid groups (broad SMARTS) is 1. The Bertz CT molecular complexity index is 612. The first kappa shape index (κ1) is 12.6. The highest BCUT2D eigenvalue weighted by molar-refractivity contribution is 6.01. The molecule has 0 bridgehead atoms. The summed E-state index contributed by atoms with van der Waals surface area (Å²) in [6, 6.07) is 5.30. The van der Waals surface area contributed by atoms with Crippen molar-refractivity contribution < 1.29 is 9.90 Å². The number of hydrogen-bond donors (Lipinski definition) is 1. The number of imidazole rings is 1. The van der Waals surface area contributed by atoms with Crippen molar-refractivity contribution in [1.29, 1.82) is 0 Å². The van der Waals surface area contributed by atoms with Crippen LogP contribution in [-0.4, -0.2) is 20.6 Å². The summed E-state index contributed by atoms with van der Waals surface area (Å²) >= 11 is 0. The molecule has 1 aromatic heterocycles. The van der Waals surface area contributed by atoms with Gasteiger partial charge in [0, 0.05) is 5.54 Å². The molecule has 0 saturated carbocycles. The van der Waals surface area contributed by atoms with Gasteiger partial charge in [0.1, 0.15) is 11.3 Å². The van der Waals surface area contributed by atoms with Crippen molar-refractivity contribution in [2.45, 2.75) is 39.7 Å². The van der Waals surface area contributed by atoms with E-state index < -0.39 is 5.97 Å². The van der Waals surface area contributed by atoms with E-state index in [1.807, 2.05) is 13.0 Å². The number of fused-ring (bicyclic) bond motifs is 1. The van der Waals surface area contributed by atoms with E-state index >= 15 is 0 Å². The number of carboxylic acids is 1. The van der Waals surface area contributed by atoms with E-state index in [1.54, 1.807) is 12.1 Å². The number of para-hydroxylation sites is 1. The summed E-state index contributed by atoms with van der Waals surface area (Å²) in [7, 11) is 0. The van der Waals surface area contributed by atoms with Gasteiger partial charge in [-0.25, -0.2) is 9.78 Å². The highest BCUT2D eigenvalue weighted by Gasteiger charge is 2.24. The van der Waals surface area contributed by atoms with Crippen molar-refractivity contribution in [3.8, 4) is 0 Å². The monoisotopic (exact) mass is 246 g/mol. The molecule has 2 rings (SSSR count). The van der Waals surface area contributed by atoms with Gasteiger partial charge in [-0.1, -0.05) is 13.0 Å². The van der Waals surface area contributed by atoms with Gasteiger partial charge in [0.2, 0.25) is 0 Å². The Labute approximate surface area is 106 Å². The fraction of sp³-hybridized carbons (Fsp3) is 0.429. The van der Waals surface area contributed by atoms with E-state index in [1.165, 1.54) is 0 Å². The molecule has 0 fully saturated rings. The molecule has 1 N–H and O–H groups in total. The molecule has 1 aromatic carbocycles. The lowest BCUT2D eigenvalue weighted by atomic mass is 10.0. The highest BCUT2D eigenvalue weighted by Crippen LogP contribution is 2.29. The topological polar surface area (TPSA) is 55.1 Å². The molecular formula is C14H18N2O2. The number of nitrogens with zero attached hydrogens (tertiary/aromatic N) is 2. The highest BCUT2D eigenvalue weighted by atomic mass is 16.4. The van der Waals surface area contributed by atoms with E-state index in [4.69, 9.17) is 0 Å². The lowest BCUT2D eigenvalue weighted by Gasteiger charge is -2.27. The fourth-order valence-corrected chi connectivity index (χ4v) is 2.31. The van der Waals surface area contributed by atoms with Crippen LogP contribution in [0.25, 0.3) is 11.0 Å². The molecule has 0 spiro atoms. The third-order valence-corrected chi connectivity index (χ3v) is 3.55. The summed E-state index contributed by atoms with van der Waals surface area (Å²) in [5, 5.41) is 9.19. The molecule has 0 aliphatic rings. The summed E-state index contributed by atoms with van der Waals surface area (Å²) < 4.78 is 2.12. The number of aromatic nitrogens is 2. The second-order valence-electron chi connectivity index (χ2n) is 5.14. The van der Waals surface area contributed by atoms with Crippen LogP contribution < -0.4 is 0 Å². The van der Waals surface area contributed by atoms with E-state index in [-0.39, 0.29) is 11.1 Å². The summed E-state index contributed by atoms with van der Waals surface area (Å²) in [6.45, 7) is 8.30. The van der Waals surface area contributed by atoms with Gasteiger partial charge >= 0.3 is 5.97 Å². The second kappa shape index (κ2) is 4.12. The van der Waals surface area contributed by atoms with Crippen molar-refractivity contribution in [3.05, 3.63) is 29.6 Å². The molecule has 2 aromatic rings. The smallest absolute Gasteiger partial charge is 0.337 e. The predicted octanol–water partition coefficient (Wildman–Crippen LogP) is 3.19. The number of hydrogen-bond acceptors (Lipinski definition) is 2. The van der Waals surface area contributed by atoms with Crippen LogP contribution in [0.3, 0.4) is 0 Å². The minimum absolute atomic E-state index is 0.0735. The van der Waals surface area contributed by atoms with Crippen LogP contribution >= 0.6 is 0 Å². The molecule has 96 valence electrons. The molecule has 0 aliphatic heterocycles. The Hall–Kier alpha value is -1.84. The van der Waals surface area contributed by atoms with Crippen molar-refractivity contribution >= 4 is 17.0 Å². The first-order valence-electron chi connectivity index (χ1n) is 6.10. The summed E-state index contributed by atoms with van der Waals surface area (Å²) in [5.74, 6) is -0.0786. The summed E-state index contributed by atoms with van der Waals surface area (Å²) in [5.41, 5.74) is 1.65. The SMILES string of the molecule is CCC(C)(C)n1c(C)nc2c(C(=O)O)cccc21. The minimum Gasteiger partial charge on any atom is -0.478 e. The van der Waals surface area contributed by atoms with Crippen molar-refractivity contribution in [1.82, 2.24) is 9.55 Å². The number of aromatic carboxylic acids is 1. The first-order chi connectivity index (χ1) is 8.38. The molecule has 0 unspecified atom stereocenters. The van der Waals surface area contributed by atoms with Gasteiger partial charge in [-0.15, -0.1) is 0 Å². The van der Waals surface area contributed by atoms with E-state index in [2.05, 4.69) is 30.3 Å². The molecule has 0 saturated heterocycles. The predicted molar refractivity (Wildman–Crippen MR) is 71.0 cm³/mol. The number of aryl methyl sites for hydroxylation is 1. The molecule has 1 heterocycles. The van der Waals surface area contributed by atoms with Crippen LogP contribution in [0.2, 0.25) is 0 Å². The van der Waals surface area contributed by atoms with Gasteiger partial charge in [0.15, 0.2) is 0 Å². The Morgan fingerprint density at radius 3 is 2.67 bits per heavy atom. The average Bonchev–Trinajstić information content (AvgIpc) is 2.64. The molecule has 4 nitrogen and oxygen atoms in total. The van der Waals surface area contributed by atoms with Crippen molar-refractivity contribution in [2.75, 3.05) is 0 Å². The minimum atomic E-state index is -0.931. The Morgan fingerprint density at radius 1 is 1.44 bits per heavy atom. The van der Waals surface area contributed by atoms with Crippen LogP contribution in [0.4, 0.5) is 0 Å². The van der Waals surface area contributed by atoms with Crippen molar-refractivity contribution in [3.63, 3.8) is 0 Å². The Kier molecular flexibility index (Phi) is 2.89. The van der Waals surface area contributed by atoms with E-state index in [9.17, 15) is 9.90 Å². The van der Waals surface area contributed by atoms with Crippen LogP contribution in [0.5, 0.6) is 0 Å². The average molecular weight is 246 g/mol. The first-order valence-corrected chi connectivity index (χ1v) is 6.10. The van der Waals surface area contributed by atoms with Gasteiger partial charge in [0.25, 0.3) is 0 Å². The molecule has 0 aliphatic carbocycles. The third kappa shape index (κ3) is 1.78. The normalized spacial score (nSPS) is 12.0. The number of benzene rings is 1. The fourth-order valence-electron chi connectivity index (χ4n) is 2.31. The van der Waals surface area contributed by atoms with Gasteiger partial charge < -0.3 is 9.67 Å². The Balaban J connectivity index is 2.82. The van der Waals surface area contributed by atoms with Crippen LogP contribution in [0.15, 0.2) is 18.2 Å². The van der Waals surface area contributed by atoms with E-state index in [0.717, 1.165) is 17.8 Å². The maximum absolute atomic E-state index is 11.2. The van der Waals surface area contributed by atoms with Crippen LogP contribution in [0.1, 0.15) is 43.4 Å². The standard InChI is InChI=1S/C14H18N2O2/c1-5-14(3,4)16-9(2)15-12-10(13(17)18)7-6-8-11(12)16/h6-8H,5H2,1-4H3,(H,17,18). The molecule has 4 heteroatoms. The largest absolute Gasteiger partial charge is 0.478 e. The van der Waals surface area contributed by atoms with Crippen LogP contribution in [-0.2, 0) is 5.54 Å². The Morgan fingerprint density at radius 2 is 2.11 bits per heavy atom. The zero-order valence-corrected chi connectivity index (χ0v) is 11.2. The maximum Gasteiger partial charge on any atom is 0.337 e. The maximum atomic E-state index is 11.2. The summed E-state index contributed by atoms with van der Waals surface area (Å²) in [4.78, 5) is 15.6. The van der Waals surface area contributed by atoms with Crippen LogP contribution in [0, 0.1) is 6.92 Å². The molecular weight excluding hydrogens is 228 g/mol. The lowest BCUT2D eigenvalue weighted by molar-refractivity contribution is 0.0699. The van der Waals surface area contributed by atoms with E-state index in [0.29, 0.717) is 5.52 Å². The number of rotatable bonds is 3. The van der Waals surface area contributed by atoms with Gasteiger partial charge in [-0.3, -0.25) is 0 Å². The second-order valence-corrected chi connectivity index (χ2v) is 5.14. The molecule has 0 radical (unpaired) electrons. The number of carbonyl (C=O) groups is 1. The van der Waals surface area contributed by atoms with Gasteiger partial charge in [-0.2, -0.15) is 0 Å². The molecule has 0 amide bonds. The van der Waals surface area contributed by atoms with Gasteiger partial charge in [0.05, 0.1) is 11.1 Å². The molecule has 0 atom stereocenters. The zero-order valence-electron chi connectivity index (χ0n) is 11.2. The summed E-state index contributed by atoms with van der Waals surface area (Å²) in [6.07, 6.45) is 0.955. The van der Waals surface area contributed by atoms with Crippen molar-refractivity contribution in [2.24, 2.45) is 0 Å². The zero-order chi connectivity index (χ0) is 13.5. The quantitative estimate of drug-likeness (QED) is 0.904. The third-order valence-electron chi connectivity index (χ3n) is 3.55. The molecule has 18 heavy (non-hydrogen) atoms.